The van der Waals surface area contributed by atoms with Crippen LogP contribution in [0, 0.1) is 10.1 Å². The molecule has 1 heterocycles. The molecule has 0 amide bonds. The van der Waals surface area contributed by atoms with Gasteiger partial charge in [-0.3, -0.25) is 10.1 Å². The predicted octanol–water partition coefficient (Wildman–Crippen LogP) is 4.61. The Morgan fingerprint density at radius 2 is 2.14 bits per heavy atom. The first kappa shape index (κ1) is 15.7. The molecule has 1 aromatic carbocycles. The fourth-order valence-corrected chi connectivity index (χ4v) is 2.83. The maximum atomic E-state index is 10.7. The molecule has 0 fully saturated rings. The summed E-state index contributed by atoms with van der Waals surface area (Å²) in [7, 11) is 0. The zero-order valence-corrected chi connectivity index (χ0v) is 13.6. The number of nitro groups is 1. The Labute approximate surface area is 132 Å². The van der Waals surface area contributed by atoms with Crippen LogP contribution in [-0.4, -0.2) is 9.91 Å². The molecule has 112 valence electrons. The third kappa shape index (κ3) is 3.92. The molecule has 1 N–H and O–H groups in total. The molecule has 2 aromatic rings. The van der Waals surface area contributed by atoms with Gasteiger partial charge in [-0.25, -0.2) is 4.98 Å². The number of nitrogens with one attached hydrogen (secondary N) is 1. The Morgan fingerprint density at radius 3 is 2.67 bits per heavy atom. The molecule has 0 unspecified atom stereocenters. The fraction of sp³-hybridized carbons (Fsp3) is 0.357. The first-order valence-corrected chi connectivity index (χ1v) is 7.60. The van der Waals surface area contributed by atoms with Crippen molar-refractivity contribution in [3.63, 3.8) is 0 Å². The second kappa shape index (κ2) is 5.99. The molecule has 0 saturated heterocycles. The van der Waals surface area contributed by atoms with E-state index >= 15 is 0 Å². The van der Waals surface area contributed by atoms with Crippen molar-refractivity contribution in [3.05, 3.63) is 49.4 Å². The molecule has 0 spiro atoms. The van der Waals surface area contributed by atoms with Crippen LogP contribution in [0.15, 0.2) is 24.4 Å². The Balaban J connectivity index is 2.06. The predicted molar refractivity (Wildman–Crippen MR) is 86.2 cm³/mol. The number of benzene rings is 1. The van der Waals surface area contributed by atoms with E-state index in [4.69, 9.17) is 11.6 Å². The minimum Gasteiger partial charge on any atom is -0.379 e. The van der Waals surface area contributed by atoms with Gasteiger partial charge in [-0.1, -0.05) is 32.4 Å². The van der Waals surface area contributed by atoms with Crippen molar-refractivity contribution in [1.29, 1.82) is 0 Å². The van der Waals surface area contributed by atoms with Crippen molar-refractivity contribution >= 4 is 34.3 Å². The van der Waals surface area contributed by atoms with E-state index in [0.29, 0.717) is 17.3 Å². The summed E-state index contributed by atoms with van der Waals surface area (Å²) in [6.45, 7) is 6.95. The molecule has 0 aliphatic carbocycles. The standard InChI is InChI=1S/C14H16ClN3O2S/c1-14(2,3)13-17-8-10(21-13)7-16-12-5-4-9(18(19)20)6-11(12)15/h4-6,8,16H,7H2,1-3H3. The number of anilines is 1. The summed E-state index contributed by atoms with van der Waals surface area (Å²) in [4.78, 5) is 15.7. The molecule has 0 bridgehead atoms. The number of hydrogen-bond acceptors (Lipinski definition) is 5. The lowest BCUT2D eigenvalue weighted by Crippen LogP contribution is -2.09. The van der Waals surface area contributed by atoms with Crippen LogP contribution in [0.4, 0.5) is 11.4 Å². The van der Waals surface area contributed by atoms with E-state index in [1.807, 2.05) is 6.20 Å². The molecule has 0 aliphatic rings. The van der Waals surface area contributed by atoms with Crippen LogP contribution in [0.3, 0.4) is 0 Å². The van der Waals surface area contributed by atoms with Crippen LogP contribution < -0.4 is 5.32 Å². The van der Waals surface area contributed by atoms with Crippen LogP contribution in [0.25, 0.3) is 0 Å². The SMILES string of the molecule is CC(C)(C)c1ncc(CNc2ccc([N+](=O)[O-])cc2Cl)s1. The number of aromatic nitrogens is 1. The van der Waals surface area contributed by atoms with E-state index in [9.17, 15) is 10.1 Å². The molecule has 5 nitrogen and oxygen atoms in total. The van der Waals surface area contributed by atoms with Gasteiger partial charge < -0.3 is 5.32 Å². The number of nitrogens with zero attached hydrogens (tertiary/aromatic N) is 2. The summed E-state index contributed by atoms with van der Waals surface area (Å²) in [5, 5.41) is 15.3. The quantitative estimate of drug-likeness (QED) is 0.658. The van der Waals surface area contributed by atoms with Crippen LogP contribution in [0.2, 0.25) is 5.02 Å². The van der Waals surface area contributed by atoms with E-state index in [-0.39, 0.29) is 11.1 Å². The number of hydrogen-bond donors (Lipinski definition) is 1. The smallest absolute Gasteiger partial charge is 0.271 e. The average molecular weight is 326 g/mol. The maximum Gasteiger partial charge on any atom is 0.271 e. The van der Waals surface area contributed by atoms with E-state index in [1.54, 1.807) is 17.4 Å². The molecule has 2 rings (SSSR count). The normalized spacial score (nSPS) is 11.4. The summed E-state index contributed by atoms with van der Waals surface area (Å²) in [6.07, 6.45) is 1.84. The van der Waals surface area contributed by atoms with Gasteiger partial charge in [0.2, 0.25) is 0 Å². The lowest BCUT2D eigenvalue weighted by molar-refractivity contribution is -0.384. The van der Waals surface area contributed by atoms with Gasteiger partial charge in [-0.05, 0) is 6.07 Å². The molecular formula is C14H16ClN3O2S. The molecule has 0 saturated carbocycles. The third-order valence-electron chi connectivity index (χ3n) is 2.81. The van der Waals surface area contributed by atoms with Crippen molar-refractivity contribution in [2.24, 2.45) is 0 Å². The molecule has 0 aliphatic heterocycles. The minimum absolute atomic E-state index is 0.0154. The first-order chi connectivity index (χ1) is 9.77. The van der Waals surface area contributed by atoms with Crippen LogP contribution in [0.5, 0.6) is 0 Å². The zero-order chi connectivity index (χ0) is 15.6. The molecule has 1 aromatic heterocycles. The zero-order valence-electron chi connectivity index (χ0n) is 12.0. The number of rotatable bonds is 4. The summed E-state index contributed by atoms with van der Waals surface area (Å²) >= 11 is 7.69. The van der Waals surface area contributed by atoms with Crippen molar-refractivity contribution in [1.82, 2.24) is 4.98 Å². The van der Waals surface area contributed by atoms with Crippen molar-refractivity contribution in [3.8, 4) is 0 Å². The van der Waals surface area contributed by atoms with Crippen molar-refractivity contribution in [2.45, 2.75) is 32.7 Å². The largest absolute Gasteiger partial charge is 0.379 e. The Hall–Kier alpha value is -1.66. The van der Waals surface area contributed by atoms with Crippen molar-refractivity contribution < 1.29 is 4.92 Å². The highest BCUT2D eigenvalue weighted by molar-refractivity contribution is 7.11. The van der Waals surface area contributed by atoms with Crippen LogP contribution >= 0.6 is 22.9 Å². The lowest BCUT2D eigenvalue weighted by atomic mass is 9.98. The Kier molecular flexibility index (Phi) is 4.49. The van der Waals surface area contributed by atoms with Gasteiger partial charge in [0.25, 0.3) is 5.69 Å². The molecule has 7 heteroatoms. The summed E-state index contributed by atoms with van der Waals surface area (Å²) in [5.41, 5.74) is 0.694. The van der Waals surface area contributed by atoms with Gasteiger partial charge in [0, 0.05) is 28.6 Å². The van der Waals surface area contributed by atoms with E-state index in [2.05, 4.69) is 31.1 Å². The van der Waals surface area contributed by atoms with Crippen molar-refractivity contribution in [2.75, 3.05) is 5.32 Å². The number of thiazole rings is 1. The number of nitro benzene ring substituents is 1. The number of non-ortho nitro benzene ring substituents is 1. The summed E-state index contributed by atoms with van der Waals surface area (Å²) < 4.78 is 0. The monoisotopic (exact) mass is 325 g/mol. The highest BCUT2D eigenvalue weighted by atomic mass is 35.5. The summed E-state index contributed by atoms with van der Waals surface area (Å²) in [5.74, 6) is 0. The Bertz CT molecular complexity index is 664. The second-order valence-corrected chi connectivity index (χ2v) is 7.18. The van der Waals surface area contributed by atoms with Crippen LogP contribution in [-0.2, 0) is 12.0 Å². The molecule has 21 heavy (non-hydrogen) atoms. The fourth-order valence-electron chi connectivity index (χ4n) is 1.68. The third-order valence-corrected chi connectivity index (χ3v) is 4.55. The van der Waals surface area contributed by atoms with Gasteiger partial charge >= 0.3 is 0 Å². The van der Waals surface area contributed by atoms with E-state index in [1.165, 1.54) is 12.1 Å². The summed E-state index contributed by atoms with van der Waals surface area (Å²) in [6, 6.07) is 4.39. The molecule has 0 atom stereocenters. The van der Waals surface area contributed by atoms with Gasteiger partial charge in [0.05, 0.1) is 27.2 Å². The maximum absolute atomic E-state index is 10.7. The van der Waals surface area contributed by atoms with Crippen LogP contribution in [0.1, 0.15) is 30.7 Å². The van der Waals surface area contributed by atoms with Gasteiger partial charge in [-0.15, -0.1) is 11.3 Å². The highest BCUT2D eigenvalue weighted by Gasteiger charge is 2.18. The number of halogens is 1. The van der Waals surface area contributed by atoms with Gasteiger partial charge in [0.15, 0.2) is 0 Å². The first-order valence-electron chi connectivity index (χ1n) is 6.40. The highest BCUT2D eigenvalue weighted by Crippen LogP contribution is 2.29. The topological polar surface area (TPSA) is 68.1 Å². The molecular weight excluding hydrogens is 310 g/mol. The van der Waals surface area contributed by atoms with Gasteiger partial charge in [-0.2, -0.15) is 0 Å². The van der Waals surface area contributed by atoms with Gasteiger partial charge in [0.1, 0.15) is 0 Å². The van der Waals surface area contributed by atoms with E-state index < -0.39 is 4.92 Å². The average Bonchev–Trinajstić information content (AvgIpc) is 2.85. The Morgan fingerprint density at radius 1 is 1.43 bits per heavy atom. The molecule has 0 radical (unpaired) electrons. The van der Waals surface area contributed by atoms with E-state index in [0.717, 1.165) is 9.88 Å². The minimum atomic E-state index is -0.464. The lowest BCUT2D eigenvalue weighted by Gasteiger charge is -2.13. The second-order valence-electron chi connectivity index (χ2n) is 5.66.